The molecule has 1 atom stereocenters. The molecule has 0 amide bonds. The maximum absolute atomic E-state index is 13.1. The summed E-state index contributed by atoms with van der Waals surface area (Å²) < 4.78 is 18.8. The van der Waals surface area contributed by atoms with E-state index in [1.165, 1.54) is 17.0 Å². The van der Waals surface area contributed by atoms with Gasteiger partial charge in [0.25, 0.3) is 0 Å². The predicted molar refractivity (Wildman–Crippen MR) is 73.1 cm³/mol. The molecule has 0 aliphatic rings. The van der Waals surface area contributed by atoms with Crippen LogP contribution < -0.4 is 4.74 Å². The highest BCUT2D eigenvalue weighted by molar-refractivity contribution is 7.09. The number of hydrogen-bond donors (Lipinski definition) is 1. The Morgan fingerprint density at radius 1 is 1.47 bits per heavy atom. The zero-order valence-corrected chi connectivity index (χ0v) is 11.7. The molecule has 1 heterocycles. The Morgan fingerprint density at radius 3 is 2.89 bits per heavy atom. The molecule has 0 unspecified atom stereocenters. The summed E-state index contributed by atoms with van der Waals surface area (Å²) in [5, 5.41) is 9.60. The van der Waals surface area contributed by atoms with Crippen molar-refractivity contribution in [1.29, 1.82) is 0 Å². The van der Waals surface area contributed by atoms with Gasteiger partial charge < -0.3 is 9.84 Å². The zero-order chi connectivity index (χ0) is 13.8. The standard InChI is InChI=1S/C14H16FNO2S/c1-9-14(19-8-16-9)5-6-18-13-4-3-11(15)7-12(13)10(2)17/h3-4,7-8,10,17H,5-6H2,1-2H3/t10-/m1/s1. The van der Waals surface area contributed by atoms with Crippen molar-refractivity contribution in [3.63, 3.8) is 0 Å². The first kappa shape index (κ1) is 14.0. The zero-order valence-electron chi connectivity index (χ0n) is 10.9. The van der Waals surface area contributed by atoms with Gasteiger partial charge in [-0.2, -0.15) is 0 Å². The van der Waals surface area contributed by atoms with Gasteiger partial charge in [0.15, 0.2) is 0 Å². The quantitative estimate of drug-likeness (QED) is 0.914. The van der Waals surface area contributed by atoms with Gasteiger partial charge in [-0.3, -0.25) is 0 Å². The van der Waals surface area contributed by atoms with E-state index in [1.54, 1.807) is 24.3 Å². The molecule has 0 fully saturated rings. The van der Waals surface area contributed by atoms with Crippen LogP contribution in [-0.4, -0.2) is 16.7 Å². The van der Waals surface area contributed by atoms with Gasteiger partial charge in [-0.05, 0) is 32.0 Å². The van der Waals surface area contributed by atoms with Crippen molar-refractivity contribution >= 4 is 11.3 Å². The van der Waals surface area contributed by atoms with Crippen molar-refractivity contribution < 1.29 is 14.2 Å². The van der Waals surface area contributed by atoms with Crippen LogP contribution in [0.4, 0.5) is 4.39 Å². The number of aliphatic hydroxyl groups excluding tert-OH is 1. The van der Waals surface area contributed by atoms with Gasteiger partial charge in [-0.25, -0.2) is 9.37 Å². The monoisotopic (exact) mass is 281 g/mol. The highest BCUT2D eigenvalue weighted by Gasteiger charge is 2.11. The Bertz CT molecular complexity index is 554. The molecule has 19 heavy (non-hydrogen) atoms. The molecule has 0 spiro atoms. The second-order valence-corrected chi connectivity index (χ2v) is 5.26. The molecule has 0 aliphatic heterocycles. The molecule has 2 rings (SSSR count). The topological polar surface area (TPSA) is 42.4 Å². The van der Waals surface area contributed by atoms with Crippen LogP contribution in [-0.2, 0) is 6.42 Å². The number of aryl methyl sites for hydroxylation is 1. The second-order valence-electron chi connectivity index (χ2n) is 4.32. The van der Waals surface area contributed by atoms with Crippen LogP contribution in [0.1, 0.15) is 29.2 Å². The average Bonchev–Trinajstić information content (AvgIpc) is 2.77. The summed E-state index contributed by atoms with van der Waals surface area (Å²) in [5.74, 6) is 0.153. The number of aliphatic hydroxyl groups is 1. The summed E-state index contributed by atoms with van der Waals surface area (Å²) in [6.45, 7) is 4.04. The molecule has 3 nitrogen and oxygen atoms in total. The third-order valence-corrected chi connectivity index (χ3v) is 3.85. The SMILES string of the molecule is Cc1ncsc1CCOc1ccc(F)cc1[C@@H](C)O. The van der Waals surface area contributed by atoms with E-state index >= 15 is 0 Å². The molecule has 0 aliphatic carbocycles. The minimum atomic E-state index is -0.754. The number of benzene rings is 1. The van der Waals surface area contributed by atoms with E-state index in [0.717, 1.165) is 12.1 Å². The summed E-state index contributed by atoms with van der Waals surface area (Å²) in [6, 6.07) is 4.19. The molecule has 1 N–H and O–H groups in total. The predicted octanol–water partition coefficient (Wildman–Crippen LogP) is 3.27. The Kier molecular flexibility index (Phi) is 4.50. The van der Waals surface area contributed by atoms with Crippen LogP contribution >= 0.6 is 11.3 Å². The van der Waals surface area contributed by atoms with Gasteiger partial charge in [0.05, 0.1) is 23.9 Å². The molecule has 0 bridgehead atoms. The molecule has 102 valence electrons. The number of rotatable bonds is 5. The fraction of sp³-hybridized carbons (Fsp3) is 0.357. The Labute approximate surface area is 115 Å². The van der Waals surface area contributed by atoms with Crippen molar-refractivity contribution in [3.8, 4) is 5.75 Å². The molecule has 5 heteroatoms. The normalized spacial score (nSPS) is 12.4. The van der Waals surface area contributed by atoms with Crippen LogP contribution in [0, 0.1) is 12.7 Å². The first-order chi connectivity index (χ1) is 9.08. The van der Waals surface area contributed by atoms with Crippen molar-refractivity contribution in [3.05, 3.63) is 45.7 Å². The van der Waals surface area contributed by atoms with Crippen LogP contribution in [0.15, 0.2) is 23.7 Å². The lowest BCUT2D eigenvalue weighted by molar-refractivity contribution is 0.191. The van der Waals surface area contributed by atoms with E-state index in [-0.39, 0.29) is 5.82 Å². The summed E-state index contributed by atoms with van der Waals surface area (Å²) >= 11 is 1.60. The minimum absolute atomic E-state index is 0.374. The number of aromatic nitrogens is 1. The van der Waals surface area contributed by atoms with Crippen molar-refractivity contribution in [2.45, 2.75) is 26.4 Å². The maximum Gasteiger partial charge on any atom is 0.125 e. The Balaban J connectivity index is 2.01. The van der Waals surface area contributed by atoms with Crippen LogP contribution in [0.3, 0.4) is 0 Å². The number of nitrogens with zero attached hydrogens (tertiary/aromatic N) is 1. The fourth-order valence-corrected chi connectivity index (χ4v) is 2.56. The molecule has 0 saturated heterocycles. The molecule has 1 aromatic heterocycles. The van der Waals surface area contributed by atoms with Crippen molar-refractivity contribution in [2.24, 2.45) is 0 Å². The largest absolute Gasteiger partial charge is 0.493 e. The molecule has 2 aromatic rings. The smallest absolute Gasteiger partial charge is 0.125 e. The average molecular weight is 281 g/mol. The lowest BCUT2D eigenvalue weighted by Gasteiger charge is -2.13. The highest BCUT2D eigenvalue weighted by Crippen LogP contribution is 2.26. The van der Waals surface area contributed by atoms with Crippen molar-refractivity contribution in [1.82, 2.24) is 4.98 Å². The van der Waals surface area contributed by atoms with Crippen molar-refractivity contribution in [2.75, 3.05) is 6.61 Å². The lowest BCUT2D eigenvalue weighted by atomic mass is 10.1. The van der Waals surface area contributed by atoms with Gasteiger partial charge >= 0.3 is 0 Å². The highest BCUT2D eigenvalue weighted by atomic mass is 32.1. The van der Waals surface area contributed by atoms with Crippen LogP contribution in [0.5, 0.6) is 5.75 Å². The van der Waals surface area contributed by atoms with Gasteiger partial charge in [0, 0.05) is 16.9 Å². The number of thiazole rings is 1. The lowest BCUT2D eigenvalue weighted by Crippen LogP contribution is -2.05. The van der Waals surface area contributed by atoms with Gasteiger partial charge in [-0.1, -0.05) is 0 Å². The summed E-state index contributed by atoms with van der Waals surface area (Å²) in [6.07, 6.45) is 0.00322. The third-order valence-electron chi connectivity index (χ3n) is 2.85. The molecular weight excluding hydrogens is 265 g/mol. The van der Waals surface area contributed by atoms with Crippen LogP contribution in [0.25, 0.3) is 0 Å². The van der Waals surface area contributed by atoms with E-state index in [2.05, 4.69) is 4.98 Å². The first-order valence-corrected chi connectivity index (χ1v) is 6.95. The van der Waals surface area contributed by atoms with E-state index in [1.807, 2.05) is 12.4 Å². The molecule has 1 aromatic carbocycles. The second kappa shape index (κ2) is 6.12. The van der Waals surface area contributed by atoms with Crippen LogP contribution in [0.2, 0.25) is 0 Å². The minimum Gasteiger partial charge on any atom is -0.493 e. The van der Waals surface area contributed by atoms with E-state index in [9.17, 15) is 9.50 Å². The first-order valence-electron chi connectivity index (χ1n) is 6.07. The van der Waals surface area contributed by atoms with Gasteiger partial charge in [-0.15, -0.1) is 11.3 Å². The molecule has 0 radical (unpaired) electrons. The van der Waals surface area contributed by atoms with Gasteiger partial charge in [0.1, 0.15) is 11.6 Å². The number of halogens is 1. The van der Waals surface area contributed by atoms with E-state index < -0.39 is 6.10 Å². The summed E-state index contributed by atoms with van der Waals surface area (Å²) in [7, 11) is 0. The number of hydrogen-bond acceptors (Lipinski definition) is 4. The Morgan fingerprint density at radius 2 is 2.26 bits per heavy atom. The molecule has 0 saturated carbocycles. The van der Waals surface area contributed by atoms with E-state index in [4.69, 9.17) is 4.74 Å². The molecular formula is C14H16FNO2S. The third kappa shape index (κ3) is 3.52. The summed E-state index contributed by atoms with van der Waals surface area (Å²) in [5.41, 5.74) is 3.30. The Hall–Kier alpha value is -1.46. The fourth-order valence-electron chi connectivity index (χ4n) is 1.80. The number of ether oxygens (including phenoxy) is 1. The summed E-state index contributed by atoms with van der Waals surface area (Å²) in [4.78, 5) is 5.35. The van der Waals surface area contributed by atoms with Gasteiger partial charge in [0.2, 0.25) is 0 Å². The van der Waals surface area contributed by atoms with E-state index in [0.29, 0.717) is 17.9 Å². The maximum atomic E-state index is 13.1.